The third-order valence-electron chi connectivity index (χ3n) is 9.49. The lowest BCUT2D eigenvalue weighted by Gasteiger charge is -2.60. The third-order valence-corrected chi connectivity index (χ3v) is 9.49. The third kappa shape index (κ3) is 4.01. The molecule has 0 spiro atoms. The van der Waals surface area contributed by atoms with Gasteiger partial charge in [0.2, 0.25) is 0 Å². The minimum atomic E-state index is -1.03. The molecule has 182 valence electrons. The number of hydroxylamine groups is 1. The molecule has 0 aromatic carbocycles. The minimum Gasteiger partial charge on any atom is -0.464 e. The van der Waals surface area contributed by atoms with E-state index in [0.29, 0.717) is 18.3 Å². The molecular weight excluding hydrogens is 420 g/mol. The predicted octanol–water partition coefficient (Wildman–Crippen LogP) is 3.68. The van der Waals surface area contributed by atoms with Crippen LogP contribution in [0.25, 0.3) is 0 Å². The molecule has 3 saturated carbocycles. The largest absolute Gasteiger partial charge is 0.464 e. The number of aliphatic imine (C=N–C) groups is 1. The molecule has 4 rings (SSSR count). The van der Waals surface area contributed by atoms with Crippen LogP contribution in [0.2, 0.25) is 0 Å². The van der Waals surface area contributed by atoms with Gasteiger partial charge in [0.05, 0.1) is 12.6 Å². The molecule has 0 aromatic heterocycles. The summed E-state index contributed by atoms with van der Waals surface area (Å²) < 4.78 is 5.05. The summed E-state index contributed by atoms with van der Waals surface area (Å²) in [4.78, 5) is 41.9. The molecule has 0 aromatic rings. The molecule has 0 heterocycles. The fourth-order valence-corrected chi connectivity index (χ4v) is 8.08. The maximum Gasteiger partial charge on any atom is 0.331 e. The molecule has 4 aliphatic carbocycles. The SMILES string of the molecule is CCOC(=O)C(C=N[C@H]1C[C@]2(C)[C@@H](C(C)=O)CC[C@H]2[C@@H]2CCC3=CC(=O)CC[C@]3(C)[C@H]21)NO. The fraction of sp³-hybridized carbons (Fsp3) is 0.769. The van der Waals surface area contributed by atoms with Gasteiger partial charge in [0.1, 0.15) is 5.78 Å². The Bertz CT molecular complexity index is 882. The van der Waals surface area contributed by atoms with Crippen LogP contribution in [-0.4, -0.2) is 47.6 Å². The van der Waals surface area contributed by atoms with Crippen LogP contribution in [0.1, 0.15) is 72.6 Å². The van der Waals surface area contributed by atoms with Crippen molar-refractivity contribution >= 4 is 23.8 Å². The molecule has 3 fully saturated rings. The fourth-order valence-electron chi connectivity index (χ4n) is 8.08. The number of esters is 1. The van der Waals surface area contributed by atoms with Crippen LogP contribution >= 0.6 is 0 Å². The highest BCUT2D eigenvalue weighted by molar-refractivity contribution is 5.94. The topological polar surface area (TPSA) is 105 Å². The summed E-state index contributed by atoms with van der Waals surface area (Å²) >= 11 is 0. The number of hydrogen-bond acceptors (Lipinski definition) is 7. The van der Waals surface area contributed by atoms with Crippen molar-refractivity contribution in [3.05, 3.63) is 11.6 Å². The lowest BCUT2D eigenvalue weighted by atomic mass is 9.45. The van der Waals surface area contributed by atoms with E-state index in [4.69, 9.17) is 9.73 Å². The second-order valence-electron chi connectivity index (χ2n) is 11.1. The van der Waals surface area contributed by atoms with Crippen molar-refractivity contribution in [2.75, 3.05) is 6.61 Å². The number of ether oxygens (including phenoxy) is 1. The first kappa shape index (κ1) is 24.3. The average molecular weight is 459 g/mol. The predicted molar refractivity (Wildman–Crippen MR) is 124 cm³/mol. The number of nitrogens with one attached hydrogen (secondary N) is 1. The van der Waals surface area contributed by atoms with Crippen molar-refractivity contribution in [1.29, 1.82) is 0 Å². The van der Waals surface area contributed by atoms with E-state index in [9.17, 15) is 19.6 Å². The van der Waals surface area contributed by atoms with Gasteiger partial charge in [-0.2, -0.15) is 5.48 Å². The molecule has 33 heavy (non-hydrogen) atoms. The molecule has 0 bridgehead atoms. The summed E-state index contributed by atoms with van der Waals surface area (Å²) in [6.45, 7) is 8.21. The Balaban J connectivity index is 1.73. The molecule has 2 N–H and O–H groups in total. The van der Waals surface area contributed by atoms with Gasteiger partial charge in [-0.3, -0.25) is 14.6 Å². The quantitative estimate of drug-likeness (QED) is 0.357. The van der Waals surface area contributed by atoms with Crippen molar-refractivity contribution < 1.29 is 24.3 Å². The number of Topliss-reactive ketones (excluding diaryl/α,β-unsaturated/α-hetero) is 1. The maximum atomic E-state index is 12.6. The Labute approximate surface area is 196 Å². The van der Waals surface area contributed by atoms with E-state index in [0.717, 1.165) is 38.5 Å². The summed E-state index contributed by atoms with van der Waals surface area (Å²) in [6, 6.07) is -1.12. The molecule has 8 atom stereocenters. The van der Waals surface area contributed by atoms with Crippen LogP contribution in [0.4, 0.5) is 0 Å². The number of ketones is 2. The van der Waals surface area contributed by atoms with Crippen molar-refractivity contribution in [3.63, 3.8) is 0 Å². The van der Waals surface area contributed by atoms with Crippen LogP contribution in [0.5, 0.6) is 0 Å². The van der Waals surface area contributed by atoms with Gasteiger partial charge in [0.25, 0.3) is 0 Å². The molecule has 1 unspecified atom stereocenters. The minimum absolute atomic E-state index is 0.0376. The van der Waals surface area contributed by atoms with Crippen LogP contribution in [0.15, 0.2) is 16.6 Å². The highest BCUT2D eigenvalue weighted by Gasteiger charge is 2.62. The van der Waals surface area contributed by atoms with Crippen molar-refractivity contribution in [2.24, 2.45) is 39.5 Å². The van der Waals surface area contributed by atoms with Gasteiger partial charge in [-0.1, -0.05) is 19.4 Å². The van der Waals surface area contributed by atoms with Crippen LogP contribution in [0.3, 0.4) is 0 Å². The van der Waals surface area contributed by atoms with Gasteiger partial charge in [-0.05, 0) is 87.0 Å². The van der Waals surface area contributed by atoms with E-state index in [1.54, 1.807) is 13.8 Å². The zero-order valence-corrected chi connectivity index (χ0v) is 20.3. The second kappa shape index (κ2) is 9.06. The second-order valence-corrected chi connectivity index (χ2v) is 11.1. The number of fused-ring (bicyclic) bond motifs is 5. The molecule has 0 radical (unpaired) electrons. The van der Waals surface area contributed by atoms with Crippen molar-refractivity contribution in [3.8, 4) is 0 Å². The summed E-state index contributed by atoms with van der Waals surface area (Å²) in [5.74, 6) is 1.08. The number of rotatable bonds is 6. The maximum absolute atomic E-state index is 12.6. The molecule has 4 aliphatic rings. The van der Waals surface area contributed by atoms with E-state index >= 15 is 0 Å². The Kier molecular flexibility index (Phi) is 6.67. The zero-order chi connectivity index (χ0) is 24.0. The van der Waals surface area contributed by atoms with Crippen LogP contribution < -0.4 is 5.48 Å². The molecule has 0 aliphatic heterocycles. The highest BCUT2D eigenvalue weighted by atomic mass is 16.5. The first-order chi connectivity index (χ1) is 15.7. The standard InChI is InChI=1S/C26H38N2O5/c1-5-33-24(31)22(28-32)14-27-21-13-26(4)19(15(2)29)8-9-20(26)18-7-6-16-12-17(30)10-11-25(16,3)23(18)21/h12,14,18-23,28,32H,5-11,13H2,1-4H3/t18-,19+,20-,21-,22?,23+,25-,26+/m0/s1. The van der Waals surface area contributed by atoms with Crippen LogP contribution in [0, 0.1) is 34.5 Å². The first-order valence-corrected chi connectivity index (χ1v) is 12.5. The lowest BCUT2D eigenvalue weighted by Crippen LogP contribution is -2.56. The van der Waals surface area contributed by atoms with E-state index in [1.807, 2.05) is 11.6 Å². The van der Waals surface area contributed by atoms with Gasteiger partial charge >= 0.3 is 5.97 Å². The highest BCUT2D eigenvalue weighted by Crippen LogP contribution is 2.67. The Morgan fingerprint density at radius 1 is 1.30 bits per heavy atom. The lowest BCUT2D eigenvalue weighted by molar-refractivity contribution is -0.145. The summed E-state index contributed by atoms with van der Waals surface area (Å²) in [6.07, 6.45) is 9.45. The van der Waals surface area contributed by atoms with Gasteiger partial charge in [0.15, 0.2) is 11.8 Å². The summed E-state index contributed by atoms with van der Waals surface area (Å²) in [7, 11) is 0. The number of nitrogens with zero attached hydrogens (tertiary/aromatic N) is 1. The van der Waals surface area contributed by atoms with E-state index in [2.05, 4.69) is 13.8 Å². The Hall–Kier alpha value is -1.86. The molecule has 7 nitrogen and oxygen atoms in total. The molecule has 0 amide bonds. The molecular formula is C26H38N2O5. The van der Waals surface area contributed by atoms with Gasteiger partial charge in [-0.25, -0.2) is 4.79 Å². The number of hydrogen-bond donors (Lipinski definition) is 2. The summed E-state index contributed by atoms with van der Waals surface area (Å²) in [5, 5.41) is 9.53. The average Bonchev–Trinajstić information content (AvgIpc) is 3.11. The van der Waals surface area contributed by atoms with Gasteiger partial charge in [0, 0.05) is 18.6 Å². The number of carbonyl (C=O) groups excluding carboxylic acids is 3. The Morgan fingerprint density at radius 3 is 2.73 bits per heavy atom. The van der Waals surface area contributed by atoms with E-state index in [1.165, 1.54) is 11.8 Å². The van der Waals surface area contributed by atoms with Crippen molar-refractivity contribution in [2.45, 2.75) is 84.7 Å². The summed E-state index contributed by atoms with van der Waals surface area (Å²) in [5.41, 5.74) is 3.03. The first-order valence-electron chi connectivity index (χ1n) is 12.5. The van der Waals surface area contributed by atoms with Crippen LogP contribution in [-0.2, 0) is 19.1 Å². The molecule has 0 saturated heterocycles. The number of allylic oxidation sites excluding steroid dienone is 1. The van der Waals surface area contributed by atoms with E-state index < -0.39 is 12.0 Å². The normalized spacial score (nSPS) is 41.1. The van der Waals surface area contributed by atoms with E-state index in [-0.39, 0.29) is 46.9 Å². The zero-order valence-electron chi connectivity index (χ0n) is 20.3. The monoisotopic (exact) mass is 458 g/mol. The Morgan fingerprint density at radius 2 is 2.06 bits per heavy atom. The number of carbonyl (C=O) groups is 3. The molecule has 7 heteroatoms. The van der Waals surface area contributed by atoms with Gasteiger partial charge in [-0.15, -0.1) is 0 Å². The van der Waals surface area contributed by atoms with Gasteiger partial charge < -0.3 is 9.94 Å². The smallest absolute Gasteiger partial charge is 0.331 e. The van der Waals surface area contributed by atoms with Crippen molar-refractivity contribution in [1.82, 2.24) is 5.48 Å².